The van der Waals surface area contributed by atoms with E-state index in [1.165, 1.54) is 0 Å². The van der Waals surface area contributed by atoms with E-state index in [-0.39, 0.29) is 11.8 Å². The first-order valence-corrected chi connectivity index (χ1v) is 6.98. The molecule has 0 bridgehead atoms. The SMILES string of the molecule is Cc1cccc(C(=O)N2CC(C)CC(C(=O)O)C2)c1C. The summed E-state index contributed by atoms with van der Waals surface area (Å²) in [5.41, 5.74) is 2.74. The third kappa shape index (κ3) is 2.84. The summed E-state index contributed by atoms with van der Waals surface area (Å²) in [5, 5.41) is 9.19. The molecule has 2 unspecified atom stereocenters. The van der Waals surface area contributed by atoms with Crippen LogP contribution in [0.25, 0.3) is 0 Å². The number of carboxylic acids is 1. The topological polar surface area (TPSA) is 57.6 Å². The molecule has 0 radical (unpaired) electrons. The van der Waals surface area contributed by atoms with Gasteiger partial charge in [0.05, 0.1) is 5.92 Å². The highest BCUT2D eigenvalue weighted by Crippen LogP contribution is 2.24. The van der Waals surface area contributed by atoms with Gasteiger partial charge in [0.15, 0.2) is 0 Å². The van der Waals surface area contributed by atoms with Crippen LogP contribution in [0.5, 0.6) is 0 Å². The quantitative estimate of drug-likeness (QED) is 0.902. The van der Waals surface area contributed by atoms with Crippen LogP contribution >= 0.6 is 0 Å². The lowest BCUT2D eigenvalue weighted by Crippen LogP contribution is -2.45. The normalized spacial score (nSPS) is 22.6. The fourth-order valence-corrected chi connectivity index (χ4v) is 2.85. The highest BCUT2D eigenvalue weighted by Gasteiger charge is 2.32. The van der Waals surface area contributed by atoms with Crippen LogP contribution in [-0.4, -0.2) is 35.0 Å². The van der Waals surface area contributed by atoms with E-state index < -0.39 is 11.9 Å². The molecule has 4 heteroatoms. The Labute approximate surface area is 119 Å². The third-order valence-electron chi connectivity index (χ3n) is 4.13. The van der Waals surface area contributed by atoms with Crippen molar-refractivity contribution in [3.63, 3.8) is 0 Å². The zero-order valence-corrected chi connectivity index (χ0v) is 12.2. The number of carbonyl (C=O) groups excluding carboxylic acids is 1. The minimum Gasteiger partial charge on any atom is -0.481 e. The van der Waals surface area contributed by atoms with Crippen LogP contribution in [0.2, 0.25) is 0 Å². The summed E-state index contributed by atoms with van der Waals surface area (Å²) in [6.45, 7) is 6.86. The van der Waals surface area contributed by atoms with Gasteiger partial charge in [0, 0.05) is 18.7 Å². The lowest BCUT2D eigenvalue weighted by atomic mass is 9.89. The molecule has 0 aliphatic carbocycles. The van der Waals surface area contributed by atoms with E-state index in [2.05, 4.69) is 0 Å². The van der Waals surface area contributed by atoms with Crippen LogP contribution in [0.1, 0.15) is 34.8 Å². The molecule has 0 saturated carbocycles. The standard InChI is InChI=1S/C16H21NO3/c1-10-7-13(16(19)20)9-17(8-10)15(18)14-6-4-5-11(2)12(14)3/h4-6,10,13H,7-9H2,1-3H3,(H,19,20). The van der Waals surface area contributed by atoms with Gasteiger partial charge in [0.25, 0.3) is 5.91 Å². The van der Waals surface area contributed by atoms with Gasteiger partial charge < -0.3 is 10.0 Å². The summed E-state index contributed by atoms with van der Waals surface area (Å²) in [7, 11) is 0. The van der Waals surface area contributed by atoms with Gasteiger partial charge in [-0.05, 0) is 43.4 Å². The number of likely N-dealkylation sites (tertiary alicyclic amines) is 1. The molecule has 20 heavy (non-hydrogen) atoms. The average Bonchev–Trinajstić information content (AvgIpc) is 2.40. The Kier molecular flexibility index (Phi) is 4.12. The molecule has 1 saturated heterocycles. The zero-order chi connectivity index (χ0) is 14.9. The summed E-state index contributed by atoms with van der Waals surface area (Å²) in [6, 6.07) is 5.67. The second-order valence-electron chi connectivity index (χ2n) is 5.83. The van der Waals surface area contributed by atoms with E-state index in [1.807, 2.05) is 39.0 Å². The number of amides is 1. The van der Waals surface area contributed by atoms with Crippen LogP contribution in [0.4, 0.5) is 0 Å². The van der Waals surface area contributed by atoms with Gasteiger partial charge in [-0.15, -0.1) is 0 Å². The number of aliphatic carboxylic acids is 1. The Hall–Kier alpha value is -1.84. The number of aryl methyl sites for hydroxylation is 1. The highest BCUT2D eigenvalue weighted by molar-refractivity contribution is 5.96. The summed E-state index contributed by atoms with van der Waals surface area (Å²) >= 11 is 0. The van der Waals surface area contributed by atoms with Gasteiger partial charge in [-0.1, -0.05) is 19.1 Å². The summed E-state index contributed by atoms with van der Waals surface area (Å²) in [6.07, 6.45) is 0.645. The number of benzene rings is 1. The monoisotopic (exact) mass is 275 g/mol. The second-order valence-corrected chi connectivity index (χ2v) is 5.83. The van der Waals surface area contributed by atoms with Crippen molar-refractivity contribution in [2.75, 3.05) is 13.1 Å². The lowest BCUT2D eigenvalue weighted by Gasteiger charge is -2.35. The number of piperidine rings is 1. The fourth-order valence-electron chi connectivity index (χ4n) is 2.85. The lowest BCUT2D eigenvalue weighted by molar-refractivity contribution is -0.143. The maximum atomic E-state index is 12.6. The predicted octanol–water partition coefficient (Wildman–Crippen LogP) is 2.49. The maximum Gasteiger partial charge on any atom is 0.308 e. The Morgan fingerprint density at radius 1 is 1.25 bits per heavy atom. The molecule has 0 spiro atoms. The summed E-state index contributed by atoms with van der Waals surface area (Å²) in [4.78, 5) is 25.5. The molecule has 2 rings (SSSR count). The van der Waals surface area contributed by atoms with Crippen molar-refractivity contribution in [1.82, 2.24) is 4.90 Å². The molecule has 2 atom stereocenters. The van der Waals surface area contributed by atoms with E-state index in [0.29, 0.717) is 25.1 Å². The number of hydrogen-bond acceptors (Lipinski definition) is 2. The minimum atomic E-state index is -0.810. The smallest absolute Gasteiger partial charge is 0.308 e. The Morgan fingerprint density at radius 3 is 2.60 bits per heavy atom. The minimum absolute atomic E-state index is 0.0519. The van der Waals surface area contributed by atoms with E-state index in [9.17, 15) is 14.7 Å². The van der Waals surface area contributed by atoms with Crippen molar-refractivity contribution in [1.29, 1.82) is 0 Å². The predicted molar refractivity (Wildman–Crippen MR) is 76.7 cm³/mol. The molecule has 0 aromatic heterocycles. The maximum absolute atomic E-state index is 12.6. The van der Waals surface area contributed by atoms with Gasteiger partial charge >= 0.3 is 5.97 Å². The molecule has 1 aliphatic heterocycles. The Bertz CT molecular complexity index is 539. The van der Waals surface area contributed by atoms with Crippen molar-refractivity contribution in [3.8, 4) is 0 Å². The van der Waals surface area contributed by atoms with Crippen LogP contribution in [-0.2, 0) is 4.79 Å². The largest absolute Gasteiger partial charge is 0.481 e. The number of carbonyl (C=O) groups is 2. The Morgan fingerprint density at radius 2 is 1.95 bits per heavy atom. The van der Waals surface area contributed by atoms with Gasteiger partial charge in [0.2, 0.25) is 0 Å². The first-order chi connectivity index (χ1) is 9.40. The Balaban J connectivity index is 2.24. The fraction of sp³-hybridized carbons (Fsp3) is 0.500. The van der Waals surface area contributed by atoms with Crippen LogP contribution < -0.4 is 0 Å². The molecule has 1 N–H and O–H groups in total. The molecular formula is C16H21NO3. The van der Waals surface area contributed by atoms with Gasteiger partial charge in [0.1, 0.15) is 0 Å². The summed E-state index contributed by atoms with van der Waals surface area (Å²) in [5.74, 6) is -1.09. The van der Waals surface area contributed by atoms with Gasteiger partial charge in [-0.2, -0.15) is 0 Å². The molecule has 1 aliphatic rings. The van der Waals surface area contributed by atoms with Crippen molar-refractivity contribution < 1.29 is 14.7 Å². The summed E-state index contributed by atoms with van der Waals surface area (Å²) < 4.78 is 0. The molecule has 108 valence electrons. The second kappa shape index (κ2) is 5.65. The van der Waals surface area contributed by atoms with E-state index in [4.69, 9.17) is 0 Å². The van der Waals surface area contributed by atoms with Crippen molar-refractivity contribution in [2.24, 2.45) is 11.8 Å². The molecule has 4 nitrogen and oxygen atoms in total. The average molecular weight is 275 g/mol. The molecule has 1 amide bonds. The van der Waals surface area contributed by atoms with Crippen LogP contribution in [0.15, 0.2) is 18.2 Å². The third-order valence-corrected chi connectivity index (χ3v) is 4.13. The molecule has 1 fully saturated rings. The van der Waals surface area contributed by atoms with Crippen molar-refractivity contribution in [2.45, 2.75) is 27.2 Å². The van der Waals surface area contributed by atoms with Gasteiger partial charge in [-0.3, -0.25) is 9.59 Å². The molecule has 1 aromatic carbocycles. The molecule has 1 heterocycles. The van der Waals surface area contributed by atoms with Crippen molar-refractivity contribution in [3.05, 3.63) is 34.9 Å². The van der Waals surface area contributed by atoms with E-state index in [1.54, 1.807) is 4.90 Å². The van der Waals surface area contributed by atoms with E-state index >= 15 is 0 Å². The first kappa shape index (κ1) is 14.6. The molecular weight excluding hydrogens is 254 g/mol. The highest BCUT2D eigenvalue weighted by atomic mass is 16.4. The molecule has 1 aromatic rings. The van der Waals surface area contributed by atoms with Crippen LogP contribution in [0.3, 0.4) is 0 Å². The number of carboxylic acid groups (broad SMARTS) is 1. The van der Waals surface area contributed by atoms with Crippen molar-refractivity contribution >= 4 is 11.9 Å². The number of rotatable bonds is 2. The number of nitrogens with zero attached hydrogens (tertiary/aromatic N) is 1. The first-order valence-electron chi connectivity index (χ1n) is 6.98. The number of hydrogen-bond donors (Lipinski definition) is 1. The zero-order valence-electron chi connectivity index (χ0n) is 12.2. The van der Waals surface area contributed by atoms with Gasteiger partial charge in [-0.25, -0.2) is 0 Å². The van der Waals surface area contributed by atoms with Crippen LogP contribution in [0, 0.1) is 25.7 Å². The van der Waals surface area contributed by atoms with E-state index in [0.717, 1.165) is 11.1 Å².